The molecule has 5 heteroatoms. The maximum atomic E-state index is 12.7. The van der Waals surface area contributed by atoms with Crippen molar-refractivity contribution in [3.05, 3.63) is 58.1 Å². The molecule has 0 radical (unpaired) electrons. The van der Waals surface area contributed by atoms with Gasteiger partial charge in [-0.05, 0) is 86.1 Å². The standard InChI is InChI=1S/C21H24N2O3/c1-13-10-18(26-21(25)22-3)11-14(2)19(13)23-20(24)17-9-8-15-6-4-5-7-16(15)12-17/h8-12H,4-7H2,1-3H3,(H,22,25)(H,23,24). The first-order valence-corrected chi connectivity index (χ1v) is 8.92. The first kappa shape index (κ1) is 18.0. The van der Waals surface area contributed by atoms with Crippen molar-refractivity contribution in [2.24, 2.45) is 0 Å². The van der Waals surface area contributed by atoms with Gasteiger partial charge in [-0.3, -0.25) is 4.79 Å². The first-order valence-electron chi connectivity index (χ1n) is 8.92. The van der Waals surface area contributed by atoms with Crippen LogP contribution in [0.25, 0.3) is 0 Å². The van der Waals surface area contributed by atoms with Crippen LogP contribution in [0.5, 0.6) is 5.75 Å². The molecule has 0 fully saturated rings. The van der Waals surface area contributed by atoms with Gasteiger partial charge >= 0.3 is 6.09 Å². The molecule has 1 aliphatic rings. The summed E-state index contributed by atoms with van der Waals surface area (Å²) in [6.45, 7) is 3.76. The predicted octanol–water partition coefficient (Wildman–Crippen LogP) is 4.15. The molecule has 0 unspecified atom stereocenters. The highest BCUT2D eigenvalue weighted by atomic mass is 16.5. The molecule has 0 aliphatic heterocycles. The van der Waals surface area contributed by atoms with Gasteiger partial charge in [0.05, 0.1) is 0 Å². The molecule has 0 heterocycles. The molecular formula is C21H24N2O3. The van der Waals surface area contributed by atoms with Crippen molar-refractivity contribution in [2.75, 3.05) is 12.4 Å². The number of nitrogens with one attached hydrogen (secondary N) is 2. The molecule has 0 atom stereocenters. The smallest absolute Gasteiger partial charge is 0.410 e. The van der Waals surface area contributed by atoms with Gasteiger partial charge in [0.2, 0.25) is 0 Å². The Labute approximate surface area is 153 Å². The minimum Gasteiger partial charge on any atom is -0.410 e. The molecule has 5 nitrogen and oxygen atoms in total. The number of amides is 2. The van der Waals surface area contributed by atoms with E-state index < -0.39 is 6.09 Å². The van der Waals surface area contributed by atoms with Gasteiger partial charge in [0.25, 0.3) is 5.91 Å². The van der Waals surface area contributed by atoms with E-state index in [1.54, 1.807) is 12.1 Å². The average molecular weight is 352 g/mol. The number of carbonyl (C=O) groups excluding carboxylic acids is 2. The highest BCUT2D eigenvalue weighted by Crippen LogP contribution is 2.28. The molecule has 2 aromatic carbocycles. The summed E-state index contributed by atoms with van der Waals surface area (Å²) in [6.07, 6.45) is 4.03. The normalized spacial score (nSPS) is 12.9. The number of fused-ring (bicyclic) bond motifs is 1. The Kier molecular flexibility index (Phi) is 5.26. The summed E-state index contributed by atoms with van der Waals surface area (Å²) >= 11 is 0. The molecular weight excluding hydrogens is 328 g/mol. The van der Waals surface area contributed by atoms with Crippen LogP contribution in [0.1, 0.15) is 45.5 Å². The molecule has 2 amide bonds. The lowest BCUT2D eigenvalue weighted by molar-refractivity contribution is 0.102. The summed E-state index contributed by atoms with van der Waals surface area (Å²) in [4.78, 5) is 24.1. The first-order chi connectivity index (χ1) is 12.5. The number of benzene rings is 2. The van der Waals surface area contributed by atoms with Crippen molar-refractivity contribution in [2.45, 2.75) is 39.5 Å². The van der Waals surface area contributed by atoms with Gasteiger partial charge in [-0.25, -0.2) is 4.79 Å². The Hall–Kier alpha value is -2.82. The minimum absolute atomic E-state index is 0.121. The number of aryl methyl sites for hydroxylation is 4. The van der Waals surface area contributed by atoms with Crippen molar-refractivity contribution in [1.82, 2.24) is 5.32 Å². The van der Waals surface area contributed by atoms with Crippen LogP contribution in [0.15, 0.2) is 30.3 Å². The van der Waals surface area contributed by atoms with Gasteiger partial charge in [0.15, 0.2) is 0 Å². The van der Waals surface area contributed by atoms with Crippen molar-refractivity contribution in [3.8, 4) is 5.75 Å². The maximum absolute atomic E-state index is 12.7. The lowest BCUT2D eigenvalue weighted by Crippen LogP contribution is -2.22. The van der Waals surface area contributed by atoms with Crippen LogP contribution in [-0.2, 0) is 12.8 Å². The summed E-state index contributed by atoms with van der Waals surface area (Å²) in [6, 6.07) is 9.46. The summed E-state index contributed by atoms with van der Waals surface area (Å²) in [5.74, 6) is 0.329. The number of carbonyl (C=O) groups is 2. The van der Waals surface area contributed by atoms with E-state index in [1.165, 1.54) is 31.0 Å². The second-order valence-electron chi connectivity index (χ2n) is 6.72. The lowest BCUT2D eigenvalue weighted by atomic mass is 9.90. The van der Waals surface area contributed by atoms with Crippen LogP contribution in [0, 0.1) is 13.8 Å². The molecule has 0 spiro atoms. The fourth-order valence-electron chi connectivity index (χ4n) is 3.40. The van der Waals surface area contributed by atoms with Crippen LogP contribution in [0.4, 0.5) is 10.5 Å². The molecule has 1 aliphatic carbocycles. The quantitative estimate of drug-likeness (QED) is 0.872. The molecule has 0 bridgehead atoms. The van der Waals surface area contributed by atoms with Gasteiger partial charge in [-0.15, -0.1) is 0 Å². The third-order valence-electron chi connectivity index (χ3n) is 4.77. The topological polar surface area (TPSA) is 67.4 Å². The number of ether oxygens (including phenoxy) is 1. The monoisotopic (exact) mass is 352 g/mol. The van der Waals surface area contributed by atoms with E-state index >= 15 is 0 Å². The molecule has 0 aromatic heterocycles. The Morgan fingerprint density at radius 2 is 1.62 bits per heavy atom. The summed E-state index contributed by atoms with van der Waals surface area (Å²) < 4.78 is 5.17. The van der Waals surface area contributed by atoms with Crippen LogP contribution >= 0.6 is 0 Å². The fraction of sp³-hybridized carbons (Fsp3) is 0.333. The highest BCUT2D eigenvalue weighted by molar-refractivity contribution is 6.05. The predicted molar refractivity (Wildman–Crippen MR) is 102 cm³/mol. The minimum atomic E-state index is -0.519. The second kappa shape index (κ2) is 7.60. The average Bonchev–Trinajstić information content (AvgIpc) is 2.64. The van der Waals surface area contributed by atoms with Gasteiger partial charge < -0.3 is 15.4 Å². The second-order valence-corrected chi connectivity index (χ2v) is 6.72. The fourth-order valence-corrected chi connectivity index (χ4v) is 3.40. The molecule has 26 heavy (non-hydrogen) atoms. The Morgan fingerprint density at radius 1 is 0.962 bits per heavy atom. The van der Waals surface area contributed by atoms with E-state index in [4.69, 9.17) is 4.74 Å². The largest absolute Gasteiger partial charge is 0.412 e. The molecule has 3 rings (SSSR count). The van der Waals surface area contributed by atoms with Gasteiger partial charge in [-0.2, -0.15) is 0 Å². The third kappa shape index (κ3) is 3.87. The molecule has 0 saturated heterocycles. The number of hydrogen-bond donors (Lipinski definition) is 2. The summed E-state index contributed by atoms with van der Waals surface area (Å²) in [7, 11) is 1.51. The van der Waals surface area contributed by atoms with Crippen molar-refractivity contribution in [3.63, 3.8) is 0 Å². The number of anilines is 1. The van der Waals surface area contributed by atoms with Crippen LogP contribution in [-0.4, -0.2) is 19.0 Å². The maximum Gasteiger partial charge on any atom is 0.412 e. The number of hydrogen-bond acceptors (Lipinski definition) is 3. The van der Waals surface area contributed by atoms with Crippen molar-refractivity contribution < 1.29 is 14.3 Å². The van der Waals surface area contributed by atoms with Crippen molar-refractivity contribution in [1.29, 1.82) is 0 Å². The van der Waals surface area contributed by atoms with Crippen LogP contribution in [0.3, 0.4) is 0 Å². The molecule has 136 valence electrons. The van der Waals surface area contributed by atoms with E-state index in [-0.39, 0.29) is 5.91 Å². The van der Waals surface area contributed by atoms with E-state index in [0.717, 1.165) is 29.7 Å². The van der Waals surface area contributed by atoms with E-state index in [2.05, 4.69) is 16.7 Å². The molecule has 2 aromatic rings. The van der Waals surface area contributed by atoms with Crippen molar-refractivity contribution >= 4 is 17.7 Å². The van der Waals surface area contributed by atoms with E-state index in [0.29, 0.717) is 11.3 Å². The van der Waals surface area contributed by atoms with Crippen LogP contribution < -0.4 is 15.4 Å². The zero-order chi connectivity index (χ0) is 18.7. The van der Waals surface area contributed by atoms with Gasteiger partial charge in [0.1, 0.15) is 5.75 Å². The van der Waals surface area contributed by atoms with Gasteiger partial charge in [-0.1, -0.05) is 6.07 Å². The molecule has 2 N–H and O–H groups in total. The van der Waals surface area contributed by atoms with Gasteiger partial charge in [0, 0.05) is 18.3 Å². The Bertz CT molecular complexity index is 835. The number of rotatable bonds is 3. The van der Waals surface area contributed by atoms with E-state index in [9.17, 15) is 9.59 Å². The zero-order valence-electron chi connectivity index (χ0n) is 15.4. The SMILES string of the molecule is CNC(=O)Oc1cc(C)c(NC(=O)c2ccc3c(c2)CCCC3)c(C)c1. The molecule has 0 saturated carbocycles. The summed E-state index contributed by atoms with van der Waals surface area (Å²) in [5.41, 5.74) is 5.75. The third-order valence-corrected chi connectivity index (χ3v) is 4.77. The van der Waals surface area contributed by atoms with Crippen LogP contribution in [0.2, 0.25) is 0 Å². The lowest BCUT2D eigenvalue weighted by Gasteiger charge is -2.17. The Balaban J connectivity index is 1.80. The summed E-state index contributed by atoms with van der Waals surface area (Å²) in [5, 5.41) is 5.42. The van der Waals surface area contributed by atoms with E-state index in [1.807, 2.05) is 26.0 Å². The Morgan fingerprint density at radius 3 is 2.27 bits per heavy atom. The highest BCUT2D eigenvalue weighted by Gasteiger charge is 2.15. The zero-order valence-corrected chi connectivity index (χ0v) is 15.4.